The van der Waals surface area contributed by atoms with Gasteiger partial charge >= 0.3 is 0 Å². The van der Waals surface area contributed by atoms with Gasteiger partial charge in [-0.1, -0.05) is 0 Å². The minimum absolute atomic E-state index is 0.598. The minimum Gasteiger partial charge on any atom is -0.352 e. The van der Waals surface area contributed by atoms with Crippen molar-refractivity contribution in [2.24, 2.45) is 0 Å². The Balaban J connectivity index is 1.97. The number of aromatic nitrogens is 3. The van der Waals surface area contributed by atoms with E-state index < -0.39 is 0 Å². The third-order valence-corrected chi connectivity index (χ3v) is 3.90. The van der Waals surface area contributed by atoms with Crippen LogP contribution in [0.5, 0.6) is 0 Å². The van der Waals surface area contributed by atoms with Crippen molar-refractivity contribution in [2.75, 3.05) is 32.1 Å². The largest absolute Gasteiger partial charge is 0.352 e. The molecule has 1 unspecified atom stereocenters. The van der Waals surface area contributed by atoms with Crippen molar-refractivity contribution < 1.29 is 0 Å². The molecule has 96 valence electrons. The van der Waals surface area contributed by atoms with E-state index in [-0.39, 0.29) is 0 Å². The highest BCUT2D eigenvalue weighted by molar-refractivity contribution is 9.10. The van der Waals surface area contributed by atoms with Crippen molar-refractivity contribution in [2.45, 2.75) is 12.5 Å². The van der Waals surface area contributed by atoms with Crippen LogP contribution in [0, 0.1) is 0 Å². The summed E-state index contributed by atoms with van der Waals surface area (Å²) in [6.07, 6.45) is 6.87. The highest BCUT2D eigenvalue weighted by Crippen LogP contribution is 2.25. The van der Waals surface area contributed by atoms with Crippen molar-refractivity contribution in [3.05, 3.63) is 23.2 Å². The van der Waals surface area contributed by atoms with Gasteiger partial charge in [0.25, 0.3) is 0 Å². The quantitative estimate of drug-likeness (QED) is 0.845. The number of fused-ring (bicyclic) bond motifs is 1. The lowest BCUT2D eigenvalue weighted by molar-refractivity contribution is 0.315. The van der Waals surface area contributed by atoms with Gasteiger partial charge in [0.1, 0.15) is 4.60 Å². The van der Waals surface area contributed by atoms with Gasteiger partial charge < -0.3 is 14.2 Å². The first-order valence-electron chi connectivity index (χ1n) is 6.06. The summed E-state index contributed by atoms with van der Waals surface area (Å²) in [4.78, 5) is 13.6. The summed E-state index contributed by atoms with van der Waals surface area (Å²) in [5.41, 5.74) is 0.928. The fourth-order valence-electron chi connectivity index (χ4n) is 2.45. The van der Waals surface area contributed by atoms with E-state index in [1.165, 1.54) is 6.42 Å². The highest BCUT2D eigenvalue weighted by atomic mass is 79.9. The van der Waals surface area contributed by atoms with Crippen LogP contribution in [0.2, 0.25) is 0 Å². The van der Waals surface area contributed by atoms with Crippen molar-refractivity contribution >= 4 is 27.4 Å². The van der Waals surface area contributed by atoms with Gasteiger partial charge in [0, 0.05) is 37.7 Å². The fraction of sp³-hybridized carbons (Fsp3) is 0.500. The first-order valence-corrected chi connectivity index (χ1v) is 6.85. The molecule has 2 aromatic heterocycles. The molecular formula is C12H16BrN5. The fourth-order valence-corrected chi connectivity index (χ4v) is 2.84. The van der Waals surface area contributed by atoms with Crippen LogP contribution >= 0.6 is 15.9 Å². The zero-order valence-electron chi connectivity index (χ0n) is 10.5. The molecule has 0 saturated carbocycles. The van der Waals surface area contributed by atoms with Crippen LogP contribution in [0.3, 0.4) is 0 Å². The zero-order chi connectivity index (χ0) is 12.7. The predicted molar refractivity (Wildman–Crippen MR) is 75.0 cm³/mol. The van der Waals surface area contributed by atoms with Crippen LogP contribution in [0.4, 0.5) is 5.82 Å². The summed E-state index contributed by atoms with van der Waals surface area (Å²) in [7, 11) is 4.27. The van der Waals surface area contributed by atoms with Crippen molar-refractivity contribution in [1.29, 1.82) is 0 Å². The maximum Gasteiger partial charge on any atom is 0.180 e. The van der Waals surface area contributed by atoms with Crippen LogP contribution in [-0.2, 0) is 0 Å². The standard InChI is InChI=1S/C12H16BrN5/c1-16(2)9-3-5-17(7-9)12-11-14-4-6-18(11)8-10(13)15-12/h4,6,8-9H,3,5,7H2,1-2H3. The molecule has 1 atom stereocenters. The van der Waals surface area contributed by atoms with Crippen LogP contribution in [0.1, 0.15) is 6.42 Å². The molecule has 3 rings (SSSR count). The van der Waals surface area contributed by atoms with Crippen LogP contribution < -0.4 is 4.90 Å². The van der Waals surface area contributed by atoms with E-state index in [4.69, 9.17) is 0 Å². The van der Waals surface area contributed by atoms with E-state index in [1.54, 1.807) is 0 Å². The molecule has 0 aromatic carbocycles. The van der Waals surface area contributed by atoms with Gasteiger partial charge in [-0.2, -0.15) is 0 Å². The number of nitrogens with zero attached hydrogens (tertiary/aromatic N) is 5. The van der Waals surface area contributed by atoms with Crippen LogP contribution in [0.25, 0.3) is 5.65 Å². The predicted octanol–water partition coefficient (Wildman–Crippen LogP) is 1.63. The first kappa shape index (κ1) is 11.9. The topological polar surface area (TPSA) is 36.7 Å². The Morgan fingerprint density at radius 1 is 1.44 bits per heavy atom. The van der Waals surface area contributed by atoms with E-state index in [2.05, 4.69) is 49.8 Å². The minimum atomic E-state index is 0.598. The van der Waals surface area contributed by atoms with Crippen molar-refractivity contribution in [3.8, 4) is 0 Å². The number of imidazole rings is 1. The average molecular weight is 310 g/mol. The second kappa shape index (κ2) is 4.51. The monoisotopic (exact) mass is 309 g/mol. The molecule has 0 bridgehead atoms. The summed E-state index contributed by atoms with van der Waals surface area (Å²) in [5, 5.41) is 0. The number of hydrogen-bond acceptors (Lipinski definition) is 4. The highest BCUT2D eigenvalue weighted by Gasteiger charge is 2.26. The van der Waals surface area contributed by atoms with Gasteiger partial charge in [0.15, 0.2) is 11.5 Å². The zero-order valence-corrected chi connectivity index (χ0v) is 12.1. The smallest absolute Gasteiger partial charge is 0.180 e. The molecule has 3 heterocycles. The summed E-state index contributed by atoms with van der Waals surface area (Å²) >= 11 is 3.46. The third kappa shape index (κ3) is 1.99. The first-order chi connectivity index (χ1) is 8.65. The molecule has 1 fully saturated rings. The summed E-state index contributed by atoms with van der Waals surface area (Å²) in [6.45, 7) is 2.05. The Labute approximate surface area is 115 Å². The van der Waals surface area contributed by atoms with Crippen molar-refractivity contribution in [1.82, 2.24) is 19.3 Å². The molecule has 18 heavy (non-hydrogen) atoms. The van der Waals surface area contributed by atoms with Gasteiger partial charge in [0.05, 0.1) is 0 Å². The normalized spacial score (nSPS) is 20.2. The van der Waals surface area contributed by atoms with Gasteiger partial charge in [-0.25, -0.2) is 9.97 Å². The SMILES string of the molecule is CN(C)C1CCN(c2nc(Br)cn3ccnc23)C1. The van der Waals surface area contributed by atoms with E-state index >= 15 is 0 Å². The Hall–Kier alpha value is -1.14. The van der Waals surface area contributed by atoms with E-state index in [0.717, 1.165) is 29.2 Å². The van der Waals surface area contributed by atoms with Gasteiger partial charge in [0.2, 0.25) is 0 Å². The second-order valence-electron chi connectivity index (χ2n) is 4.90. The lowest BCUT2D eigenvalue weighted by Crippen LogP contribution is -2.31. The molecule has 0 spiro atoms. The number of rotatable bonds is 2. The molecule has 1 saturated heterocycles. The Bertz CT molecular complexity index is 565. The Morgan fingerprint density at radius 2 is 2.28 bits per heavy atom. The summed E-state index contributed by atoms with van der Waals surface area (Å²) in [6, 6.07) is 0.598. The molecule has 0 amide bonds. The maximum absolute atomic E-state index is 4.59. The van der Waals surface area contributed by atoms with E-state index in [0.29, 0.717) is 6.04 Å². The van der Waals surface area contributed by atoms with Crippen molar-refractivity contribution in [3.63, 3.8) is 0 Å². The second-order valence-corrected chi connectivity index (χ2v) is 5.71. The lowest BCUT2D eigenvalue weighted by atomic mass is 10.2. The summed E-state index contributed by atoms with van der Waals surface area (Å²) < 4.78 is 2.85. The Morgan fingerprint density at radius 3 is 3.00 bits per heavy atom. The molecule has 6 heteroatoms. The lowest BCUT2D eigenvalue weighted by Gasteiger charge is -2.21. The van der Waals surface area contributed by atoms with Crippen LogP contribution in [-0.4, -0.2) is 52.5 Å². The number of likely N-dealkylation sites (N-methyl/N-ethyl adjacent to an activating group) is 1. The summed E-state index contributed by atoms with van der Waals surface area (Å²) in [5.74, 6) is 0.971. The Kier molecular flexibility index (Phi) is 2.99. The molecule has 1 aliphatic heterocycles. The molecule has 1 aliphatic rings. The molecule has 0 N–H and O–H groups in total. The van der Waals surface area contributed by atoms with E-state index in [1.807, 2.05) is 23.0 Å². The average Bonchev–Trinajstić information content (AvgIpc) is 2.95. The van der Waals surface area contributed by atoms with Gasteiger partial charge in [-0.15, -0.1) is 0 Å². The number of hydrogen-bond donors (Lipinski definition) is 0. The third-order valence-electron chi connectivity index (χ3n) is 3.52. The molecular weight excluding hydrogens is 294 g/mol. The van der Waals surface area contributed by atoms with E-state index in [9.17, 15) is 0 Å². The van der Waals surface area contributed by atoms with Gasteiger partial charge in [-0.05, 0) is 36.4 Å². The molecule has 0 radical (unpaired) electrons. The maximum atomic E-state index is 4.59. The number of halogens is 1. The number of anilines is 1. The van der Waals surface area contributed by atoms with Gasteiger partial charge in [-0.3, -0.25) is 0 Å². The molecule has 2 aromatic rings. The van der Waals surface area contributed by atoms with Crippen LogP contribution in [0.15, 0.2) is 23.2 Å². The molecule has 0 aliphatic carbocycles. The molecule has 5 nitrogen and oxygen atoms in total.